The van der Waals surface area contributed by atoms with E-state index in [-0.39, 0.29) is 5.97 Å². The second-order valence-electron chi connectivity index (χ2n) is 6.38. The molecule has 0 spiro atoms. The number of ether oxygens (including phenoxy) is 1. The van der Waals surface area contributed by atoms with E-state index in [0.29, 0.717) is 6.42 Å². The predicted octanol–water partition coefficient (Wildman–Crippen LogP) is 5.73. The Bertz CT molecular complexity index is 268. The fraction of sp³-hybridized carbons (Fsp3) is 0.944. The van der Waals surface area contributed by atoms with Crippen LogP contribution in [0.15, 0.2) is 0 Å². The Morgan fingerprint density at radius 3 is 1.71 bits per heavy atom. The third kappa shape index (κ3) is 11.1. The molecular weight excluding hydrogens is 280 g/mol. The van der Waals surface area contributed by atoms with E-state index in [2.05, 4.69) is 23.4 Å². The molecule has 3 heteroatoms. The maximum atomic E-state index is 10.9. The number of carbonyl (C=O) groups excluding carboxylic acids is 1. The van der Waals surface area contributed by atoms with Gasteiger partial charge in [0, 0.05) is 16.9 Å². The van der Waals surface area contributed by atoms with Crippen LogP contribution in [0.3, 0.4) is 0 Å². The lowest BCUT2D eigenvalue weighted by Crippen LogP contribution is -1.99. The molecule has 1 fully saturated rings. The van der Waals surface area contributed by atoms with Crippen LogP contribution in [0, 0.1) is 0 Å². The van der Waals surface area contributed by atoms with Crippen molar-refractivity contribution in [2.75, 3.05) is 7.11 Å². The van der Waals surface area contributed by atoms with Crippen LogP contribution >= 0.6 is 11.8 Å². The van der Waals surface area contributed by atoms with Crippen molar-refractivity contribution in [3.8, 4) is 0 Å². The van der Waals surface area contributed by atoms with E-state index in [1.807, 2.05) is 0 Å². The Morgan fingerprint density at radius 1 is 0.857 bits per heavy atom. The van der Waals surface area contributed by atoms with Gasteiger partial charge in [-0.1, -0.05) is 71.1 Å². The molecule has 124 valence electrons. The van der Waals surface area contributed by atoms with Crippen LogP contribution < -0.4 is 0 Å². The minimum absolute atomic E-state index is 0.0651. The summed E-state index contributed by atoms with van der Waals surface area (Å²) in [5, 5.41) is 1.96. The standard InChI is InChI=1S/C18H34O2S/c1-16-17(21-16)14-12-10-8-6-4-3-5-7-9-11-13-15-18(19)20-2/h16-17H,3-15H2,1-2H3. The van der Waals surface area contributed by atoms with E-state index in [0.717, 1.165) is 16.9 Å². The SMILES string of the molecule is COC(=O)CCCCCCCCCCCCCC1SC1C. The first kappa shape index (κ1) is 18.9. The third-order valence-electron chi connectivity index (χ3n) is 4.43. The van der Waals surface area contributed by atoms with Gasteiger partial charge in [-0.25, -0.2) is 0 Å². The minimum atomic E-state index is -0.0651. The van der Waals surface area contributed by atoms with E-state index < -0.39 is 0 Å². The van der Waals surface area contributed by atoms with E-state index >= 15 is 0 Å². The van der Waals surface area contributed by atoms with Gasteiger partial charge in [0.15, 0.2) is 0 Å². The van der Waals surface area contributed by atoms with Crippen LogP contribution in [0.4, 0.5) is 0 Å². The van der Waals surface area contributed by atoms with Crippen molar-refractivity contribution >= 4 is 17.7 Å². The predicted molar refractivity (Wildman–Crippen MR) is 92.9 cm³/mol. The summed E-state index contributed by atoms with van der Waals surface area (Å²) >= 11 is 2.15. The first-order valence-electron chi connectivity index (χ1n) is 8.96. The number of thioether (sulfide) groups is 1. The Kier molecular flexibility index (Phi) is 11.1. The van der Waals surface area contributed by atoms with Crippen molar-refractivity contribution in [2.24, 2.45) is 0 Å². The number of carbonyl (C=O) groups is 1. The molecule has 2 atom stereocenters. The highest BCUT2D eigenvalue weighted by Gasteiger charge is 2.32. The van der Waals surface area contributed by atoms with Gasteiger partial charge in [0.05, 0.1) is 7.11 Å². The minimum Gasteiger partial charge on any atom is -0.469 e. The van der Waals surface area contributed by atoms with Crippen LogP contribution in [0.25, 0.3) is 0 Å². The van der Waals surface area contributed by atoms with Gasteiger partial charge in [-0.05, 0) is 12.8 Å². The lowest BCUT2D eigenvalue weighted by molar-refractivity contribution is -0.140. The molecule has 0 N–H and O–H groups in total. The largest absolute Gasteiger partial charge is 0.469 e. The Morgan fingerprint density at radius 2 is 1.29 bits per heavy atom. The van der Waals surface area contributed by atoms with Crippen molar-refractivity contribution in [3.63, 3.8) is 0 Å². The van der Waals surface area contributed by atoms with Gasteiger partial charge in [-0.2, -0.15) is 11.8 Å². The van der Waals surface area contributed by atoms with Gasteiger partial charge < -0.3 is 4.74 Å². The molecular formula is C18H34O2S. The molecule has 2 nitrogen and oxygen atoms in total. The fourth-order valence-corrected chi connectivity index (χ4v) is 3.74. The Hall–Kier alpha value is -0.180. The van der Waals surface area contributed by atoms with Gasteiger partial charge in [0.2, 0.25) is 0 Å². The van der Waals surface area contributed by atoms with Crippen LogP contribution in [0.2, 0.25) is 0 Å². The number of hydrogen-bond donors (Lipinski definition) is 0. The molecule has 1 heterocycles. The summed E-state index contributed by atoms with van der Waals surface area (Å²) in [6, 6.07) is 0. The van der Waals surface area contributed by atoms with E-state index in [1.165, 1.54) is 77.7 Å². The Labute approximate surface area is 135 Å². The zero-order valence-corrected chi connectivity index (χ0v) is 14.9. The summed E-state index contributed by atoms with van der Waals surface area (Å²) in [6.45, 7) is 2.35. The zero-order valence-electron chi connectivity index (χ0n) is 14.1. The third-order valence-corrected chi connectivity index (χ3v) is 5.87. The average Bonchev–Trinajstić information content (AvgIpc) is 3.19. The van der Waals surface area contributed by atoms with E-state index in [9.17, 15) is 4.79 Å². The molecule has 1 aliphatic rings. The smallest absolute Gasteiger partial charge is 0.305 e. The van der Waals surface area contributed by atoms with Gasteiger partial charge >= 0.3 is 5.97 Å². The molecule has 0 aromatic rings. The van der Waals surface area contributed by atoms with Crippen molar-refractivity contribution < 1.29 is 9.53 Å². The summed E-state index contributed by atoms with van der Waals surface area (Å²) in [6.07, 6.45) is 16.7. The van der Waals surface area contributed by atoms with Gasteiger partial charge in [0.1, 0.15) is 0 Å². The number of methoxy groups -OCH3 is 1. The molecule has 21 heavy (non-hydrogen) atoms. The molecule has 1 aliphatic heterocycles. The molecule has 0 radical (unpaired) electrons. The molecule has 0 saturated carbocycles. The van der Waals surface area contributed by atoms with Crippen LogP contribution in [0.1, 0.15) is 90.4 Å². The van der Waals surface area contributed by atoms with Crippen molar-refractivity contribution in [1.29, 1.82) is 0 Å². The number of unbranched alkanes of at least 4 members (excludes halogenated alkanes) is 10. The molecule has 0 aromatic heterocycles. The summed E-state index contributed by atoms with van der Waals surface area (Å²) < 4.78 is 4.63. The summed E-state index contributed by atoms with van der Waals surface area (Å²) in [4.78, 5) is 10.9. The van der Waals surface area contributed by atoms with E-state index in [4.69, 9.17) is 0 Å². The maximum absolute atomic E-state index is 10.9. The molecule has 0 bridgehead atoms. The molecule has 1 rings (SSSR count). The first-order valence-corrected chi connectivity index (χ1v) is 9.90. The molecule has 0 amide bonds. The summed E-state index contributed by atoms with van der Waals surface area (Å²) in [7, 11) is 1.47. The topological polar surface area (TPSA) is 26.3 Å². The monoisotopic (exact) mass is 314 g/mol. The quantitative estimate of drug-likeness (QED) is 0.232. The molecule has 0 aromatic carbocycles. The lowest BCUT2D eigenvalue weighted by Gasteiger charge is -2.03. The highest BCUT2D eigenvalue weighted by atomic mass is 32.2. The summed E-state index contributed by atoms with van der Waals surface area (Å²) in [5.41, 5.74) is 0. The van der Waals surface area contributed by atoms with Gasteiger partial charge in [-0.3, -0.25) is 4.79 Å². The van der Waals surface area contributed by atoms with Crippen LogP contribution in [0.5, 0.6) is 0 Å². The van der Waals surface area contributed by atoms with Crippen molar-refractivity contribution in [1.82, 2.24) is 0 Å². The number of hydrogen-bond acceptors (Lipinski definition) is 3. The number of rotatable bonds is 14. The van der Waals surface area contributed by atoms with Crippen molar-refractivity contribution in [3.05, 3.63) is 0 Å². The second kappa shape index (κ2) is 12.4. The normalized spacial score (nSPS) is 20.5. The van der Waals surface area contributed by atoms with Crippen LogP contribution in [-0.4, -0.2) is 23.6 Å². The molecule has 0 aliphatic carbocycles. The average molecular weight is 315 g/mol. The van der Waals surface area contributed by atoms with Crippen molar-refractivity contribution in [2.45, 2.75) is 101 Å². The van der Waals surface area contributed by atoms with Crippen LogP contribution in [-0.2, 0) is 9.53 Å². The summed E-state index contributed by atoms with van der Waals surface area (Å²) in [5.74, 6) is -0.0651. The van der Waals surface area contributed by atoms with E-state index in [1.54, 1.807) is 0 Å². The second-order valence-corrected chi connectivity index (χ2v) is 8.00. The van der Waals surface area contributed by atoms with Gasteiger partial charge in [0.25, 0.3) is 0 Å². The maximum Gasteiger partial charge on any atom is 0.305 e. The highest BCUT2D eigenvalue weighted by molar-refractivity contribution is 8.07. The fourth-order valence-electron chi connectivity index (χ4n) is 2.84. The lowest BCUT2D eigenvalue weighted by atomic mass is 10.0. The first-order chi connectivity index (χ1) is 10.2. The highest BCUT2D eigenvalue weighted by Crippen LogP contribution is 2.43. The van der Waals surface area contributed by atoms with Gasteiger partial charge in [-0.15, -0.1) is 0 Å². The molecule has 1 saturated heterocycles. The zero-order chi connectivity index (χ0) is 15.3. The molecule has 2 unspecified atom stereocenters. The Balaban J connectivity index is 1.66. The number of esters is 1.